The molecule has 1 aliphatic heterocycles. The second-order valence-corrected chi connectivity index (χ2v) is 6.32. The Labute approximate surface area is 147 Å². The zero-order valence-corrected chi connectivity index (χ0v) is 14.1. The van der Waals surface area contributed by atoms with Crippen LogP contribution in [0.15, 0.2) is 79.0 Å². The second-order valence-electron chi connectivity index (χ2n) is 5.93. The quantitative estimate of drug-likeness (QED) is 0.707. The lowest BCUT2D eigenvalue weighted by atomic mass is 10.0. The Bertz CT molecular complexity index is 826. The van der Waals surface area contributed by atoms with Gasteiger partial charge in [0.05, 0.1) is 6.04 Å². The number of fused-ring (bicyclic) bond motifs is 1. The van der Waals surface area contributed by atoms with Crippen molar-refractivity contribution in [2.75, 3.05) is 11.9 Å². The summed E-state index contributed by atoms with van der Waals surface area (Å²) in [4.78, 5) is 2.28. The second kappa shape index (κ2) is 6.49. The lowest BCUT2D eigenvalue weighted by Crippen LogP contribution is -2.44. The average molecular weight is 333 g/mol. The molecule has 0 unspecified atom stereocenters. The molecule has 0 saturated carbocycles. The topological polar surface area (TPSA) is 20.2 Å². The summed E-state index contributed by atoms with van der Waals surface area (Å²) in [7, 11) is 0. The van der Waals surface area contributed by atoms with Crippen LogP contribution in [0.4, 0.5) is 5.69 Å². The maximum absolute atomic E-state index is 5.74. The summed E-state index contributed by atoms with van der Waals surface area (Å²) in [5, 5.41) is 4.15. The van der Waals surface area contributed by atoms with Crippen LogP contribution in [0.3, 0.4) is 0 Å². The number of nitrogens with one attached hydrogen (secondary N) is 1. The van der Waals surface area contributed by atoms with E-state index in [-0.39, 0.29) is 6.04 Å². The minimum atomic E-state index is 0.138. The van der Waals surface area contributed by atoms with Crippen molar-refractivity contribution in [1.82, 2.24) is 9.47 Å². The summed E-state index contributed by atoms with van der Waals surface area (Å²) in [6.07, 6.45) is 2.15. The molecule has 3 aromatic rings. The molecule has 0 bridgehead atoms. The predicted octanol–water partition coefficient (Wildman–Crippen LogP) is 4.29. The van der Waals surface area contributed by atoms with Gasteiger partial charge in [0.2, 0.25) is 0 Å². The van der Waals surface area contributed by atoms with E-state index >= 15 is 0 Å². The molecule has 0 radical (unpaired) electrons. The Hall–Kier alpha value is -2.59. The van der Waals surface area contributed by atoms with Crippen molar-refractivity contribution in [3.05, 3.63) is 90.3 Å². The molecule has 3 nitrogen and oxygen atoms in total. The van der Waals surface area contributed by atoms with Gasteiger partial charge >= 0.3 is 0 Å². The van der Waals surface area contributed by atoms with Gasteiger partial charge in [0, 0.05) is 30.7 Å². The zero-order chi connectivity index (χ0) is 16.4. The van der Waals surface area contributed by atoms with E-state index in [4.69, 9.17) is 12.2 Å². The molecule has 0 saturated heterocycles. The molecule has 4 heteroatoms. The van der Waals surface area contributed by atoms with Crippen LogP contribution < -0.4 is 5.32 Å². The van der Waals surface area contributed by atoms with Crippen LogP contribution in [0, 0.1) is 0 Å². The summed E-state index contributed by atoms with van der Waals surface area (Å²) in [6, 6.07) is 25.1. The van der Waals surface area contributed by atoms with Gasteiger partial charge in [0.1, 0.15) is 0 Å². The van der Waals surface area contributed by atoms with Gasteiger partial charge < -0.3 is 14.8 Å². The van der Waals surface area contributed by atoms with E-state index < -0.39 is 0 Å². The highest BCUT2D eigenvalue weighted by molar-refractivity contribution is 7.80. The van der Waals surface area contributed by atoms with Crippen molar-refractivity contribution in [1.29, 1.82) is 0 Å². The van der Waals surface area contributed by atoms with Gasteiger partial charge in [0.15, 0.2) is 5.11 Å². The monoisotopic (exact) mass is 333 g/mol. The number of para-hydroxylation sites is 1. The summed E-state index contributed by atoms with van der Waals surface area (Å²) < 4.78 is 2.32. The van der Waals surface area contributed by atoms with Gasteiger partial charge in [-0.2, -0.15) is 0 Å². The van der Waals surface area contributed by atoms with E-state index in [2.05, 4.69) is 63.4 Å². The van der Waals surface area contributed by atoms with Gasteiger partial charge in [0.25, 0.3) is 0 Å². The van der Waals surface area contributed by atoms with Crippen LogP contribution in [0.5, 0.6) is 0 Å². The summed E-state index contributed by atoms with van der Waals surface area (Å²) in [5.41, 5.74) is 3.56. The van der Waals surface area contributed by atoms with Crippen molar-refractivity contribution in [2.45, 2.75) is 12.6 Å². The fourth-order valence-corrected chi connectivity index (χ4v) is 3.62. The fraction of sp³-hybridized carbons (Fsp3) is 0.150. The first-order valence-corrected chi connectivity index (χ1v) is 8.56. The summed E-state index contributed by atoms with van der Waals surface area (Å²) in [5.74, 6) is 0. The first kappa shape index (κ1) is 15.0. The average Bonchev–Trinajstić information content (AvgIpc) is 3.11. The van der Waals surface area contributed by atoms with Crippen LogP contribution in [0.25, 0.3) is 0 Å². The van der Waals surface area contributed by atoms with Gasteiger partial charge in [-0.1, -0.05) is 48.5 Å². The van der Waals surface area contributed by atoms with E-state index in [0.717, 1.165) is 23.9 Å². The molecule has 1 aromatic heterocycles. The molecule has 24 heavy (non-hydrogen) atoms. The molecular formula is C20H19N3S. The highest BCUT2D eigenvalue weighted by Crippen LogP contribution is 2.32. The number of aromatic nitrogens is 1. The molecule has 1 N–H and O–H groups in total. The number of hydrogen-bond donors (Lipinski definition) is 1. The van der Waals surface area contributed by atoms with E-state index in [0.29, 0.717) is 0 Å². The maximum atomic E-state index is 5.74. The van der Waals surface area contributed by atoms with Gasteiger partial charge in [-0.15, -0.1) is 0 Å². The molecule has 0 amide bonds. The number of nitrogens with zero attached hydrogens (tertiary/aromatic N) is 2. The normalized spacial score (nSPS) is 16.5. The lowest BCUT2D eigenvalue weighted by Gasteiger charge is -2.39. The number of benzene rings is 2. The first-order chi connectivity index (χ1) is 11.8. The van der Waals surface area contributed by atoms with Crippen molar-refractivity contribution in [3.63, 3.8) is 0 Å². The third kappa shape index (κ3) is 2.81. The van der Waals surface area contributed by atoms with E-state index in [1.54, 1.807) is 0 Å². The molecule has 0 aliphatic carbocycles. The molecular weight excluding hydrogens is 314 g/mol. The van der Waals surface area contributed by atoms with Crippen LogP contribution >= 0.6 is 12.2 Å². The Morgan fingerprint density at radius 3 is 2.33 bits per heavy atom. The molecule has 0 spiro atoms. The standard InChI is InChI=1S/C20H19N3S/c24-20(21-17-10-5-2-6-11-17)23-15-14-22-13-7-12-18(22)19(23)16-8-3-1-4-9-16/h1-13,19H,14-15H2,(H,21,24)/t19-/m1/s1. The highest BCUT2D eigenvalue weighted by Gasteiger charge is 2.30. The smallest absolute Gasteiger partial charge is 0.174 e. The summed E-state index contributed by atoms with van der Waals surface area (Å²) >= 11 is 5.74. The number of anilines is 1. The maximum Gasteiger partial charge on any atom is 0.174 e. The molecule has 4 rings (SSSR count). The molecule has 2 aromatic carbocycles. The summed E-state index contributed by atoms with van der Waals surface area (Å²) in [6.45, 7) is 1.84. The van der Waals surface area contributed by atoms with Crippen LogP contribution in [-0.4, -0.2) is 21.1 Å². The molecule has 2 heterocycles. The van der Waals surface area contributed by atoms with Crippen LogP contribution in [-0.2, 0) is 6.54 Å². The number of rotatable bonds is 2. The van der Waals surface area contributed by atoms with Crippen molar-refractivity contribution >= 4 is 23.0 Å². The van der Waals surface area contributed by atoms with Gasteiger partial charge in [-0.3, -0.25) is 0 Å². The van der Waals surface area contributed by atoms with E-state index in [1.165, 1.54) is 11.3 Å². The molecule has 120 valence electrons. The number of hydrogen-bond acceptors (Lipinski definition) is 1. The van der Waals surface area contributed by atoms with Gasteiger partial charge in [-0.05, 0) is 42.0 Å². The minimum absolute atomic E-state index is 0.138. The van der Waals surface area contributed by atoms with E-state index in [9.17, 15) is 0 Å². The highest BCUT2D eigenvalue weighted by atomic mass is 32.1. The fourth-order valence-electron chi connectivity index (χ4n) is 3.31. The third-order valence-corrected chi connectivity index (χ3v) is 4.78. The predicted molar refractivity (Wildman–Crippen MR) is 102 cm³/mol. The Morgan fingerprint density at radius 2 is 1.58 bits per heavy atom. The molecule has 1 aliphatic rings. The number of thiocarbonyl (C=S) groups is 1. The van der Waals surface area contributed by atoms with Crippen LogP contribution in [0.1, 0.15) is 17.3 Å². The third-order valence-electron chi connectivity index (χ3n) is 4.44. The lowest BCUT2D eigenvalue weighted by molar-refractivity contribution is 0.293. The molecule has 1 atom stereocenters. The van der Waals surface area contributed by atoms with Crippen molar-refractivity contribution in [2.24, 2.45) is 0 Å². The molecule has 0 fully saturated rings. The van der Waals surface area contributed by atoms with Crippen molar-refractivity contribution in [3.8, 4) is 0 Å². The Morgan fingerprint density at radius 1 is 0.875 bits per heavy atom. The van der Waals surface area contributed by atoms with Crippen molar-refractivity contribution < 1.29 is 0 Å². The largest absolute Gasteiger partial charge is 0.348 e. The zero-order valence-electron chi connectivity index (χ0n) is 13.3. The van der Waals surface area contributed by atoms with E-state index in [1.807, 2.05) is 30.3 Å². The Balaban J connectivity index is 1.67. The first-order valence-electron chi connectivity index (χ1n) is 8.15. The van der Waals surface area contributed by atoms with Crippen LogP contribution in [0.2, 0.25) is 0 Å². The SMILES string of the molecule is S=C(Nc1ccccc1)N1CCn2cccc2[C@H]1c1ccccc1. The minimum Gasteiger partial charge on any atom is -0.348 e. The van der Waals surface area contributed by atoms with Gasteiger partial charge in [-0.25, -0.2) is 0 Å². The Kier molecular flexibility index (Phi) is 4.05.